The van der Waals surface area contributed by atoms with Crippen LogP contribution in [0.2, 0.25) is 19.6 Å². The first-order chi connectivity index (χ1) is 15.0. The highest BCUT2D eigenvalue weighted by molar-refractivity contribution is 6.83. The topological polar surface area (TPSA) is 90.4 Å². The molecule has 1 aliphatic heterocycles. The van der Waals surface area contributed by atoms with Crippen LogP contribution in [0.15, 0.2) is 46.1 Å². The third kappa shape index (κ3) is 4.61. The average molecular weight is 459 g/mol. The number of nitrogens with one attached hydrogen (secondary N) is 1. The van der Waals surface area contributed by atoms with Crippen molar-refractivity contribution in [3.8, 4) is 11.5 Å². The largest absolute Gasteiger partial charge is 0.437 e. The van der Waals surface area contributed by atoms with Crippen molar-refractivity contribution in [2.75, 3.05) is 0 Å². The first-order valence-corrected chi connectivity index (χ1v) is 14.0. The summed E-state index contributed by atoms with van der Waals surface area (Å²) in [5.41, 5.74) is -0.0317. The van der Waals surface area contributed by atoms with Gasteiger partial charge in [-0.2, -0.15) is 4.39 Å². The smallest absolute Gasteiger partial charge is 0.339 e. The summed E-state index contributed by atoms with van der Waals surface area (Å²) in [5, 5.41) is 0. The molecule has 0 unspecified atom stereocenters. The Hall–Kier alpha value is -2.96. The Balaban J connectivity index is 2.23. The molecule has 1 aromatic heterocycles. The van der Waals surface area contributed by atoms with Gasteiger partial charge in [0.2, 0.25) is 11.4 Å². The van der Waals surface area contributed by atoms with Gasteiger partial charge in [-0.3, -0.25) is 14.3 Å². The number of esters is 1. The first kappa shape index (κ1) is 23.7. The fourth-order valence-electron chi connectivity index (χ4n) is 3.66. The standard InChI is InChI=1S/C23H27FN2O5Si/c1-6-18-15(2)23(12-13-32(3,4)5,31-20(28)16-10-8-7-9-11-16)21(30-18)26-14-17(24)19(27)25-22(26)29/h7-11,14-15,18,21H,6H2,1-5H3,(H,25,27,29)/t15-,18-,21-,23-/m1/s1. The number of hydrogen-bond acceptors (Lipinski definition) is 5. The monoisotopic (exact) mass is 458 g/mol. The number of carbonyl (C=O) groups excluding carboxylic acids is 1. The van der Waals surface area contributed by atoms with Gasteiger partial charge in [0, 0.05) is 5.92 Å². The average Bonchev–Trinajstić information content (AvgIpc) is 3.01. The number of benzene rings is 1. The zero-order chi connectivity index (χ0) is 23.7. The molecule has 0 amide bonds. The van der Waals surface area contributed by atoms with Gasteiger partial charge in [0.15, 0.2) is 6.23 Å². The Kier molecular flexibility index (Phi) is 6.58. The summed E-state index contributed by atoms with van der Waals surface area (Å²) in [6.45, 7) is 9.83. The summed E-state index contributed by atoms with van der Waals surface area (Å²) in [5.74, 6) is 0.910. The van der Waals surface area contributed by atoms with E-state index in [1.807, 2.05) is 38.5 Å². The first-order valence-electron chi connectivity index (χ1n) is 10.5. The Bertz CT molecular complexity index is 1180. The number of aromatic amines is 1. The van der Waals surface area contributed by atoms with Crippen molar-refractivity contribution in [3.05, 3.63) is 68.7 Å². The number of hydrogen-bond donors (Lipinski definition) is 1. The van der Waals surface area contributed by atoms with Crippen LogP contribution in [0.3, 0.4) is 0 Å². The maximum absolute atomic E-state index is 14.1. The molecule has 1 saturated heterocycles. The number of carbonyl (C=O) groups is 1. The minimum atomic E-state index is -1.96. The molecule has 0 bridgehead atoms. The fourth-order valence-corrected chi connectivity index (χ4v) is 4.23. The molecule has 2 heterocycles. The molecule has 3 rings (SSSR count). The maximum Gasteiger partial charge on any atom is 0.339 e. The van der Waals surface area contributed by atoms with Crippen LogP contribution in [0.4, 0.5) is 4.39 Å². The van der Waals surface area contributed by atoms with Crippen molar-refractivity contribution in [2.45, 2.75) is 57.8 Å². The van der Waals surface area contributed by atoms with Gasteiger partial charge in [0.1, 0.15) is 8.07 Å². The zero-order valence-electron chi connectivity index (χ0n) is 18.8. The molecule has 4 atom stereocenters. The van der Waals surface area contributed by atoms with E-state index in [4.69, 9.17) is 9.47 Å². The molecule has 2 aromatic rings. The van der Waals surface area contributed by atoms with Crippen molar-refractivity contribution in [2.24, 2.45) is 5.92 Å². The van der Waals surface area contributed by atoms with E-state index < -0.39 is 55.0 Å². The lowest BCUT2D eigenvalue weighted by molar-refractivity contribution is -0.0795. The predicted octanol–water partition coefficient (Wildman–Crippen LogP) is 3.10. The Morgan fingerprint density at radius 3 is 2.53 bits per heavy atom. The second kappa shape index (κ2) is 8.88. The minimum Gasteiger partial charge on any atom is -0.437 e. The summed E-state index contributed by atoms with van der Waals surface area (Å²) in [4.78, 5) is 39.2. The molecule has 7 nitrogen and oxygen atoms in total. The van der Waals surface area contributed by atoms with Gasteiger partial charge < -0.3 is 9.47 Å². The Morgan fingerprint density at radius 1 is 1.28 bits per heavy atom. The molecule has 1 aromatic carbocycles. The van der Waals surface area contributed by atoms with Crippen LogP contribution in [0.25, 0.3) is 0 Å². The molecule has 0 saturated carbocycles. The van der Waals surface area contributed by atoms with Crippen LogP contribution in [0.5, 0.6) is 0 Å². The molecule has 0 spiro atoms. The van der Waals surface area contributed by atoms with Crippen LogP contribution in [-0.2, 0) is 9.47 Å². The van der Waals surface area contributed by atoms with E-state index in [2.05, 4.69) is 11.5 Å². The van der Waals surface area contributed by atoms with E-state index in [1.165, 1.54) is 0 Å². The molecule has 1 fully saturated rings. The van der Waals surface area contributed by atoms with Crippen molar-refractivity contribution in [1.29, 1.82) is 0 Å². The third-order valence-corrected chi connectivity index (χ3v) is 6.26. The van der Waals surface area contributed by atoms with Gasteiger partial charge >= 0.3 is 11.7 Å². The molecule has 32 heavy (non-hydrogen) atoms. The number of ether oxygens (including phenoxy) is 2. The summed E-state index contributed by atoms with van der Waals surface area (Å²) < 4.78 is 27.2. The van der Waals surface area contributed by atoms with Crippen LogP contribution < -0.4 is 11.2 Å². The molecular weight excluding hydrogens is 431 g/mol. The molecule has 0 radical (unpaired) electrons. The predicted molar refractivity (Wildman–Crippen MR) is 120 cm³/mol. The molecule has 170 valence electrons. The fraction of sp³-hybridized carbons (Fsp3) is 0.435. The molecule has 0 aliphatic carbocycles. The van der Waals surface area contributed by atoms with Crippen molar-refractivity contribution in [3.63, 3.8) is 0 Å². The molecule has 1 N–H and O–H groups in total. The van der Waals surface area contributed by atoms with E-state index in [1.54, 1.807) is 30.3 Å². The van der Waals surface area contributed by atoms with Gasteiger partial charge in [0.25, 0.3) is 5.56 Å². The number of halogens is 1. The second-order valence-corrected chi connectivity index (χ2v) is 13.7. The van der Waals surface area contributed by atoms with Gasteiger partial charge in [-0.25, -0.2) is 9.59 Å². The van der Waals surface area contributed by atoms with Crippen molar-refractivity contribution >= 4 is 14.0 Å². The van der Waals surface area contributed by atoms with Gasteiger partial charge in [0.05, 0.1) is 17.9 Å². The quantitative estimate of drug-likeness (QED) is 0.432. The zero-order valence-corrected chi connectivity index (χ0v) is 19.8. The minimum absolute atomic E-state index is 0.313. The number of nitrogens with zero attached hydrogens (tertiary/aromatic N) is 1. The van der Waals surface area contributed by atoms with E-state index in [0.29, 0.717) is 12.0 Å². The number of rotatable bonds is 4. The Morgan fingerprint density at radius 2 is 1.94 bits per heavy atom. The molecule has 9 heteroatoms. The van der Waals surface area contributed by atoms with E-state index in [9.17, 15) is 18.8 Å². The lowest BCUT2D eigenvalue weighted by Gasteiger charge is -2.33. The van der Waals surface area contributed by atoms with Crippen molar-refractivity contribution < 1.29 is 18.7 Å². The third-order valence-electron chi connectivity index (χ3n) is 5.39. The Labute approximate surface area is 186 Å². The second-order valence-electron chi connectivity index (χ2n) is 8.92. The number of H-pyrrole nitrogens is 1. The number of aromatic nitrogens is 2. The SMILES string of the molecule is CC[C@H]1O[C@@H](n2cc(F)c(=O)[nH]c2=O)[C@](C#C[Si](C)(C)C)(OC(=O)c2ccccc2)[C@@H]1C. The van der Waals surface area contributed by atoms with Crippen LogP contribution >= 0.6 is 0 Å². The van der Waals surface area contributed by atoms with E-state index in [0.717, 1.165) is 10.8 Å². The van der Waals surface area contributed by atoms with E-state index in [-0.39, 0.29) is 0 Å². The van der Waals surface area contributed by atoms with Gasteiger partial charge in [-0.05, 0) is 18.6 Å². The van der Waals surface area contributed by atoms with Crippen LogP contribution in [-0.4, -0.2) is 35.3 Å². The molecule has 1 aliphatic rings. The highest BCUT2D eigenvalue weighted by Gasteiger charge is 2.58. The van der Waals surface area contributed by atoms with Crippen LogP contribution in [0, 0.1) is 23.2 Å². The lowest BCUT2D eigenvalue weighted by Crippen LogP contribution is -2.48. The highest BCUT2D eigenvalue weighted by Crippen LogP contribution is 2.46. The summed E-state index contributed by atoms with van der Waals surface area (Å²) in [7, 11) is -1.96. The van der Waals surface area contributed by atoms with Gasteiger partial charge in [-0.1, -0.05) is 57.6 Å². The molecular formula is C23H27FN2O5Si. The maximum atomic E-state index is 14.1. The van der Waals surface area contributed by atoms with Gasteiger partial charge in [-0.15, -0.1) is 5.54 Å². The lowest BCUT2D eigenvalue weighted by atomic mass is 9.85. The summed E-state index contributed by atoms with van der Waals surface area (Å²) >= 11 is 0. The normalized spacial score (nSPS) is 25.1. The van der Waals surface area contributed by atoms with Crippen molar-refractivity contribution in [1.82, 2.24) is 9.55 Å². The summed E-state index contributed by atoms with van der Waals surface area (Å²) in [6.07, 6.45) is -0.325. The van der Waals surface area contributed by atoms with E-state index >= 15 is 0 Å². The van der Waals surface area contributed by atoms with Crippen LogP contribution in [0.1, 0.15) is 36.9 Å². The highest BCUT2D eigenvalue weighted by atomic mass is 28.3. The summed E-state index contributed by atoms with van der Waals surface area (Å²) in [6, 6.07) is 8.41.